The second-order valence-corrected chi connectivity index (χ2v) is 4.22. The summed E-state index contributed by atoms with van der Waals surface area (Å²) in [6, 6.07) is 12.4. The number of rotatable bonds is 2. The van der Waals surface area contributed by atoms with Gasteiger partial charge in [0.1, 0.15) is 0 Å². The molecule has 17 heavy (non-hydrogen) atoms. The first-order valence-corrected chi connectivity index (χ1v) is 5.56. The Hall–Kier alpha value is -1.80. The molecule has 0 radical (unpaired) electrons. The third-order valence-electron chi connectivity index (χ3n) is 2.62. The maximum absolute atomic E-state index is 10.9. The topological polar surface area (TPSA) is 37.3 Å². The number of carbonyl (C=O) groups is 1. The molecule has 2 aromatic rings. The van der Waals surface area contributed by atoms with Crippen LogP contribution in [0.5, 0.6) is 0 Å². The highest BCUT2D eigenvalue weighted by atomic mass is 35.5. The summed E-state index contributed by atoms with van der Waals surface area (Å²) in [5.41, 5.74) is 3.01. The van der Waals surface area contributed by atoms with E-state index in [0.29, 0.717) is 5.02 Å². The molecule has 0 saturated carbocycles. The minimum atomic E-state index is -0.934. The van der Waals surface area contributed by atoms with Gasteiger partial charge in [-0.2, -0.15) is 0 Å². The Balaban J connectivity index is 2.61. The number of carboxylic acid groups (broad SMARTS) is 1. The third-order valence-corrected chi connectivity index (χ3v) is 2.94. The molecule has 0 aliphatic heterocycles. The average Bonchev–Trinajstić information content (AvgIpc) is 2.29. The molecule has 0 amide bonds. The Morgan fingerprint density at radius 1 is 1.18 bits per heavy atom. The fraction of sp³-hybridized carbons (Fsp3) is 0.0714. The number of aryl methyl sites for hydroxylation is 1. The van der Waals surface area contributed by atoms with Crippen LogP contribution in [0.3, 0.4) is 0 Å². The van der Waals surface area contributed by atoms with E-state index in [2.05, 4.69) is 0 Å². The van der Waals surface area contributed by atoms with Gasteiger partial charge in [-0.15, -0.1) is 0 Å². The van der Waals surface area contributed by atoms with E-state index in [9.17, 15) is 4.79 Å². The lowest BCUT2D eigenvalue weighted by Gasteiger charge is -2.09. The molecule has 0 fully saturated rings. The van der Waals surface area contributed by atoms with Crippen molar-refractivity contribution < 1.29 is 9.90 Å². The Morgan fingerprint density at radius 2 is 1.88 bits per heavy atom. The highest BCUT2D eigenvalue weighted by Crippen LogP contribution is 2.31. The molecule has 0 aromatic heterocycles. The quantitative estimate of drug-likeness (QED) is 0.869. The summed E-state index contributed by atoms with van der Waals surface area (Å²) in [6.45, 7) is 1.95. The molecule has 0 aliphatic carbocycles. The van der Waals surface area contributed by atoms with Gasteiger partial charge >= 0.3 is 5.97 Å². The third kappa shape index (κ3) is 2.32. The van der Waals surface area contributed by atoms with Crippen molar-refractivity contribution in [2.45, 2.75) is 6.92 Å². The van der Waals surface area contributed by atoms with E-state index < -0.39 is 5.97 Å². The van der Waals surface area contributed by atoms with E-state index in [1.54, 1.807) is 24.3 Å². The first kappa shape index (κ1) is 11.7. The van der Waals surface area contributed by atoms with Crippen molar-refractivity contribution in [2.75, 3.05) is 0 Å². The zero-order chi connectivity index (χ0) is 12.4. The van der Waals surface area contributed by atoms with Gasteiger partial charge in [-0.25, -0.2) is 4.79 Å². The number of benzene rings is 2. The molecule has 0 bridgehead atoms. The van der Waals surface area contributed by atoms with Gasteiger partial charge in [-0.3, -0.25) is 0 Å². The van der Waals surface area contributed by atoms with Crippen molar-refractivity contribution in [1.29, 1.82) is 0 Å². The minimum Gasteiger partial charge on any atom is -0.478 e. The van der Waals surface area contributed by atoms with Crippen molar-refractivity contribution in [1.82, 2.24) is 0 Å². The summed E-state index contributed by atoms with van der Waals surface area (Å²) in [5.74, 6) is -0.934. The lowest BCUT2D eigenvalue weighted by Crippen LogP contribution is -1.96. The van der Waals surface area contributed by atoms with Crippen LogP contribution in [0.15, 0.2) is 42.5 Å². The predicted molar refractivity (Wildman–Crippen MR) is 68.6 cm³/mol. The average molecular weight is 247 g/mol. The highest BCUT2D eigenvalue weighted by Gasteiger charge is 2.09. The standard InChI is InChI=1S/C14H11ClO2/c1-9-4-2-7-12(15)13(9)10-5-3-6-11(8-10)14(16)17/h2-8H,1H3,(H,16,17). The van der Waals surface area contributed by atoms with Crippen LogP contribution >= 0.6 is 11.6 Å². The molecule has 0 saturated heterocycles. The highest BCUT2D eigenvalue weighted by molar-refractivity contribution is 6.33. The van der Waals surface area contributed by atoms with Crippen molar-refractivity contribution in [3.8, 4) is 11.1 Å². The van der Waals surface area contributed by atoms with Crippen molar-refractivity contribution in [2.24, 2.45) is 0 Å². The van der Waals surface area contributed by atoms with Crippen molar-refractivity contribution in [3.63, 3.8) is 0 Å². The predicted octanol–water partition coefficient (Wildman–Crippen LogP) is 4.01. The molecule has 2 rings (SSSR count). The number of hydrogen-bond donors (Lipinski definition) is 1. The van der Waals surface area contributed by atoms with Gasteiger partial charge in [0.2, 0.25) is 0 Å². The molecule has 0 aliphatic rings. The molecule has 3 heteroatoms. The maximum atomic E-state index is 10.9. The van der Waals surface area contributed by atoms with Crippen LogP contribution in [-0.2, 0) is 0 Å². The van der Waals surface area contributed by atoms with Gasteiger partial charge in [0, 0.05) is 10.6 Å². The van der Waals surface area contributed by atoms with Crippen LogP contribution in [0.4, 0.5) is 0 Å². The van der Waals surface area contributed by atoms with E-state index in [1.807, 2.05) is 25.1 Å². The Morgan fingerprint density at radius 3 is 2.53 bits per heavy atom. The fourth-order valence-corrected chi connectivity index (χ4v) is 2.14. The fourth-order valence-electron chi connectivity index (χ4n) is 1.81. The van der Waals surface area contributed by atoms with Crippen LogP contribution in [0.1, 0.15) is 15.9 Å². The lowest BCUT2D eigenvalue weighted by molar-refractivity contribution is 0.0697. The van der Waals surface area contributed by atoms with Crippen LogP contribution in [0.2, 0.25) is 5.02 Å². The second-order valence-electron chi connectivity index (χ2n) is 3.82. The molecule has 86 valence electrons. The molecule has 2 nitrogen and oxygen atoms in total. The summed E-state index contributed by atoms with van der Waals surface area (Å²) in [5, 5.41) is 9.59. The van der Waals surface area contributed by atoms with Gasteiger partial charge in [0.15, 0.2) is 0 Å². The van der Waals surface area contributed by atoms with Crippen LogP contribution in [-0.4, -0.2) is 11.1 Å². The van der Waals surface area contributed by atoms with E-state index in [0.717, 1.165) is 16.7 Å². The van der Waals surface area contributed by atoms with Gasteiger partial charge in [-0.1, -0.05) is 35.9 Å². The first-order valence-electron chi connectivity index (χ1n) is 5.18. The minimum absolute atomic E-state index is 0.266. The molecule has 0 spiro atoms. The zero-order valence-electron chi connectivity index (χ0n) is 9.27. The van der Waals surface area contributed by atoms with Gasteiger partial charge < -0.3 is 5.11 Å². The number of carboxylic acids is 1. The molecule has 1 N–H and O–H groups in total. The Kier molecular flexibility index (Phi) is 3.16. The molecular formula is C14H11ClO2. The molecular weight excluding hydrogens is 236 g/mol. The summed E-state index contributed by atoms with van der Waals surface area (Å²) in [6.07, 6.45) is 0. The normalized spacial score (nSPS) is 10.2. The van der Waals surface area contributed by atoms with Gasteiger partial charge in [0.25, 0.3) is 0 Å². The van der Waals surface area contributed by atoms with E-state index in [1.165, 1.54) is 0 Å². The molecule has 0 unspecified atom stereocenters. The van der Waals surface area contributed by atoms with Crippen molar-refractivity contribution >= 4 is 17.6 Å². The zero-order valence-corrected chi connectivity index (χ0v) is 10.0. The first-order chi connectivity index (χ1) is 8.09. The van der Waals surface area contributed by atoms with E-state index >= 15 is 0 Å². The summed E-state index contributed by atoms with van der Waals surface area (Å²) in [7, 11) is 0. The smallest absolute Gasteiger partial charge is 0.335 e. The lowest BCUT2D eigenvalue weighted by atomic mass is 9.99. The van der Waals surface area contributed by atoms with Gasteiger partial charge in [-0.05, 0) is 36.2 Å². The maximum Gasteiger partial charge on any atom is 0.335 e. The largest absolute Gasteiger partial charge is 0.478 e. The number of hydrogen-bond acceptors (Lipinski definition) is 1. The number of halogens is 1. The summed E-state index contributed by atoms with van der Waals surface area (Å²) in [4.78, 5) is 10.9. The Bertz CT molecular complexity index is 556. The van der Waals surface area contributed by atoms with Gasteiger partial charge in [0.05, 0.1) is 5.56 Å². The van der Waals surface area contributed by atoms with E-state index in [4.69, 9.17) is 16.7 Å². The SMILES string of the molecule is Cc1cccc(Cl)c1-c1cccc(C(=O)O)c1. The molecule has 0 atom stereocenters. The second kappa shape index (κ2) is 4.60. The van der Waals surface area contributed by atoms with E-state index in [-0.39, 0.29) is 5.56 Å². The molecule has 2 aromatic carbocycles. The summed E-state index contributed by atoms with van der Waals surface area (Å²) >= 11 is 6.15. The molecule has 0 heterocycles. The monoisotopic (exact) mass is 246 g/mol. The number of aromatic carboxylic acids is 1. The van der Waals surface area contributed by atoms with Crippen LogP contribution < -0.4 is 0 Å². The van der Waals surface area contributed by atoms with Crippen LogP contribution in [0.25, 0.3) is 11.1 Å². The summed E-state index contributed by atoms with van der Waals surface area (Å²) < 4.78 is 0. The van der Waals surface area contributed by atoms with Crippen LogP contribution in [0, 0.1) is 6.92 Å². The van der Waals surface area contributed by atoms with Crippen molar-refractivity contribution in [3.05, 3.63) is 58.6 Å². The Labute approximate surface area is 104 Å².